The van der Waals surface area contributed by atoms with Crippen molar-refractivity contribution in [3.05, 3.63) is 24.8 Å². The van der Waals surface area contributed by atoms with Crippen LogP contribution in [0.4, 0.5) is 0 Å². The molecule has 16 heavy (non-hydrogen) atoms. The van der Waals surface area contributed by atoms with E-state index >= 15 is 0 Å². The maximum atomic E-state index is 4.15. The summed E-state index contributed by atoms with van der Waals surface area (Å²) < 4.78 is 0. The van der Waals surface area contributed by atoms with Crippen LogP contribution in [0.15, 0.2) is 24.8 Å². The van der Waals surface area contributed by atoms with Crippen LogP contribution in [-0.2, 0) is 0 Å². The summed E-state index contributed by atoms with van der Waals surface area (Å²) in [4.78, 5) is 0. The van der Waals surface area contributed by atoms with Crippen LogP contribution in [0.5, 0.6) is 0 Å². The van der Waals surface area contributed by atoms with E-state index in [-0.39, 0.29) is 0 Å². The number of nitrogens with one attached hydrogen (secondary N) is 1. The van der Waals surface area contributed by atoms with Crippen molar-refractivity contribution in [2.45, 2.75) is 44.9 Å². The number of hydrogen-bond acceptors (Lipinski definition) is 1. The SMILES string of the molecule is C=CC(=C)C(CCCCNC)CC1CCC1. The van der Waals surface area contributed by atoms with Gasteiger partial charge >= 0.3 is 0 Å². The van der Waals surface area contributed by atoms with Gasteiger partial charge in [0, 0.05) is 0 Å². The molecule has 1 aliphatic rings. The van der Waals surface area contributed by atoms with Gasteiger partial charge in [0.05, 0.1) is 0 Å². The van der Waals surface area contributed by atoms with Gasteiger partial charge in [-0.2, -0.15) is 0 Å². The second-order valence-corrected chi connectivity index (χ2v) is 5.11. The predicted octanol–water partition coefficient (Wildman–Crippen LogP) is 3.92. The molecule has 0 aromatic heterocycles. The van der Waals surface area contributed by atoms with Gasteiger partial charge in [-0.25, -0.2) is 0 Å². The Bertz CT molecular complexity index is 215. The van der Waals surface area contributed by atoms with Crippen LogP contribution in [0.3, 0.4) is 0 Å². The van der Waals surface area contributed by atoms with Crippen LogP contribution in [0, 0.1) is 11.8 Å². The maximum absolute atomic E-state index is 4.15. The average Bonchev–Trinajstić information content (AvgIpc) is 2.24. The van der Waals surface area contributed by atoms with Crippen molar-refractivity contribution in [1.82, 2.24) is 5.32 Å². The molecular weight excluding hydrogens is 194 g/mol. The fourth-order valence-electron chi connectivity index (χ4n) is 2.44. The van der Waals surface area contributed by atoms with Crippen molar-refractivity contribution in [3.8, 4) is 0 Å². The molecule has 0 saturated heterocycles. The second-order valence-electron chi connectivity index (χ2n) is 5.11. The van der Waals surface area contributed by atoms with Crippen molar-refractivity contribution >= 4 is 0 Å². The third kappa shape index (κ3) is 4.52. The van der Waals surface area contributed by atoms with E-state index in [1.54, 1.807) is 0 Å². The van der Waals surface area contributed by atoms with E-state index in [2.05, 4.69) is 18.5 Å². The molecule has 1 nitrogen and oxygen atoms in total. The number of unbranched alkanes of at least 4 members (excludes halogenated alkanes) is 1. The monoisotopic (exact) mass is 221 g/mol. The molecule has 1 rings (SSSR count). The zero-order valence-corrected chi connectivity index (χ0v) is 10.8. The molecule has 1 atom stereocenters. The molecule has 0 aromatic rings. The molecule has 0 aliphatic heterocycles. The lowest BCUT2D eigenvalue weighted by Gasteiger charge is -2.30. The first-order chi connectivity index (χ1) is 7.77. The van der Waals surface area contributed by atoms with Gasteiger partial charge in [-0.3, -0.25) is 0 Å². The summed E-state index contributed by atoms with van der Waals surface area (Å²) in [5, 5.41) is 3.21. The van der Waals surface area contributed by atoms with E-state index in [4.69, 9.17) is 0 Å². The minimum atomic E-state index is 0.694. The van der Waals surface area contributed by atoms with Crippen LogP contribution in [0.25, 0.3) is 0 Å². The van der Waals surface area contributed by atoms with Gasteiger partial charge in [-0.05, 0) is 44.7 Å². The highest BCUT2D eigenvalue weighted by Gasteiger charge is 2.22. The van der Waals surface area contributed by atoms with Gasteiger partial charge in [-0.1, -0.05) is 50.5 Å². The number of allylic oxidation sites excluding steroid dienone is 2. The topological polar surface area (TPSA) is 12.0 Å². The molecule has 0 bridgehead atoms. The van der Waals surface area contributed by atoms with E-state index in [0.717, 1.165) is 12.5 Å². The first-order valence-electron chi connectivity index (χ1n) is 6.73. The summed E-state index contributed by atoms with van der Waals surface area (Å²) in [6.07, 6.45) is 11.5. The molecule has 0 aromatic carbocycles. The van der Waals surface area contributed by atoms with Crippen molar-refractivity contribution in [2.24, 2.45) is 11.8 Å². The van der Waals surface area contributed by atoms with Gasteiger partial charge in [0.2, 0.25) is 0 Å². The molecule has 1 saturated carbocycles. The fraction of sp³-hybridized carbons (Fsp3) is 0.733. The second kappa shape index (κ2) is 7.67. The smallest absolute Gasteiger partial charge is 0.00519 e. The van der Waals surface area contributed by atoms with Crippen LogP contribution in [0.1, 0.15) is 44.9 Å². The molecule has 92 valence electrons. The van der Waals surface area contributed by atoms with Gasteiger partial charge in [0.15, 0.2) is 0 Å². The molecular formula is C15H27N. The third-order valence-electron chi connectivity index (χ3n) is 3.86. The van der Waals surface area contributed by atoms with Gasteiger partial charge in [0.1, 0.15) is 0 Å². The van der Waals surface area contributed by atoms with E-state index in [9.17, 15) is 0 Å². The molecule has 1 fully saturated rings. The van der Waals surface area contributed by atoms with Crippen molar-refractivity contribution in [3.63, 3.8) is 0 Å². The molecule has 1 N–H and O–H groups in total. The van der Waals surface area contributed by atoms with Gasteiger partial charge in [-0.15, -0.1) is 0 Å². The zero-order chi connectivity index (χ0) is 11.8. The Morgan fingerprint density at radius 2 is 2.19 bits per heavy atom. The van der Waals surface area contributed by atoms with Gasteiger partial charge < -0.3 is 5.32 Å². The minimum Gasteiger partial charge on any atom is -0.320 e. The zero-order valence-electron chi connectivity index (χ0n) is 10.8. The number of hydrogen-bond donors (Lipinski definition) is 1. The lowest BCUT2D eigenvalue weighted by molar-refractivity contribution is 0.257. The Morgan fingerprint density at radius 3 is 2.69 bits per heavy atom. The highest BCUT2D eigenvalue weighted by Crippen LogP contribution is 2.36. The van der Waals surface area contributed by atoms with Crippen LogP contribution in [0.2, 0.25) is 0 Å². The Hall–Kier alpha value is -0.560. The average molecular weight is 221 g/mol. The van der Waals surface area contributed by atoms with Crippen LogP contribution in [-0.4, -0.2) is 13.6 Å². The summed E-state index contributed by atoms with van der Waals surface area (Å²) >= 11 is 0. The molecule has 1 heteroatoms. The molecule has 0 amide bonds. The predicted molar refractivity (Wildman–Crippen MR) is 72.6 cm³/mol. The Balaban J connectivity index is 2.25. The summed E-state index contributed by atoms with van der Waals surface area (Å²) in [7, 11) is 2.02. The van der Waals surface area contributed by atoms with E-state index in [0.29, 0.717) is 5.92 Å². The highest BCUT2D eigenvalue weighted by atomic mass is 14.8. The quantitative estimate of drug-likeness (QED) is 0.459. The molecule has 0 radical (unpaired) electrons. The lowest BCUT2D eigenvalue weighted by Crippen LogP contribution is -2.17. The largest absolute Gasteiger partial charge is 0.320 e. The van der Waals surface area contributed by atoms with E-state index in [1.807, 2.05) is 13.1 Å². The minimum absolute atomic E-state index is 0.694. The molecule has 0 spiro atoms. The summed E-state index contributed by atoms with van der Waals surface area (Å²) in [5.41, 5.74) is 1.26. The fourth-order valence-corrected chi connectivity index (χ4v) is 2.44. The summed E-state index contributed by atoms with van der Waals surface area (Å²) in [5.74, 6) is 1.67. The summed E-state index contributed by atoms with van der Waals surface area (Å²) in [6.45, 7) is 9.15. The van der Waals surface area contributed by atoms with Crippen LogP contribution >= 0.6 is 0 Å². The first-order valence-corrected chi connectivity index (χ1v) is 6.73. The highest BCUT2D eigenvalue weighted by molar-refractivity contribution is 5.15. The molecule has 0 heterocycles. The normalized spacial score (nSPS) is 17.8. The Kier molecular flexibility index (Phi) is 6.47. The molecule has 1 unspecified atom stereocenters. The van der Waals surface area contributed by atoms with E-state index in [1.165, 1.54) is 50.5 Å². The number of rotatable bonds is 9. The Labute approximate surface area is 101 Å². The maximum Gasteiger partial charge on any atom is -0.00519 e. The van der Waals surface area contributed by atoms with Crippen molar-refractivity contribution in [2.75, 3.05) is 13.6 Å². The third-order valence-corrected chi connectivity index (χ3v) is 3.86. The van der Waals surface area contributed by atoms with E-state index < -0.39 is 0 Å². The Morgan fingerprint density at radius 1 is 1.44 bits per heavy atom. The van der Waals surface area contributed by atoms with Crippen LogP contribution < -0.4 is 5.32 Å². The first kappa shape index (κ1) is 13.5. The lowest BCUT2D eigenvalue weighted by atomic mass is 9.76. The van der Waals surface area contributed by atoms with Crippen molar-refractivity contribution < 1.29 is 0 Å². The van der Waals surface area contributed by atoms with Gasteiger partial charge in [0.25, 0.3) is 0 Å². The standard InChI is InChI=1S/C15H27N/c1-4-13(2)15(10-5-6-11-16-3)12-14-8-7-9-14/h4,14-16H,1-2,5-12H2,3H3. The molecule has 1 aliphatic carbocycles. The van der Waals surface area contributed by atoms with Crippen molar-refractivity contribution in [1.29, 1.82) is 0 Å². The summed E-state index contributed by atoms with van der Waals surface area (Å²) in [6, 6.07) is 0.